The third kappa shape index (κ3) is 4.24. The summed E-state index contributed by atoms with van der Waals surface area (Å²) in [6, 6.07) is 6.38. The summed E-state index contributed by atoms with van der Waals surface area (Å²) in [5.74, 6) is 0. The first-order valence-electron chi connectivity index (χ1n) is 6.08. The van der Waals surface area contributed by atoms with Crippen molar-refractivity contribution < 1.29 is 9.53 Å². The molecule has 0 saturated heterocycles. The minimum atomic E-state index is -0.398. The highest BCUT2D eigenvalue weighted by molar-refractivity contribution is 5.67. The molecule has 0 aliphatic rings. The summed E-state index contributed by atoms with van der Waals surface area (Å²) in [5.41, 5.74) is 3.75. The lowest BCUT2D eigenvalue weighted by Gasteiger charge is -2.17. The first-order valence-corrected chi connectivity index (χ1v) is 6.08. The van der Waals surface area contributed by atoms with Gasteiger partial charge in [0.1, 0.15) is 0 Å². The second-order valence-electron chi connectivity index (χ2n) is 4.48. The van der Waals surface area contributed by atoms with Gasteiger partial charge in [-0.15, -0.1) is 6.58 Å². The zero-order chi connectivity index (χ0) is 13.5. The zero-order valence-electron chi connectivity index (χ0n) is 11.3. The van der Waals surface area contributed by atoms with E-state index in [4.69, 9.17) is 0 Å². The van der Waals surface area contributed by atoms with Gasteiger partial charge in [-0.1, -0.05) is 24.3 Å². The number of aryl methyl sites for hydroxylation is 2. The van der Waals surface area contributed by atoms with E-state index in [9.17, 15) is 4.79 Å². The van der Waals surface area contributed by atoms with Crippen LogP contribution in [-0.2, 0) is 11.2 Å². The summed E-state index contributed by atoms with van der Waals surface area (Å²) in [5, 5.41) is 2.82. The summed E-state index contributed by atoms with van der Waals surface area (Å²) >= 11 is 0. The zero-order valence-corrected chi connectivity index (χ0v) is 11.3. The van der Waals surface area contributed by atoms with E-state index < -0.39 is 6.09 Å². The molecule has 0 aliphatic carbocycles. The molecule has 3 heteroatoms. The molecule has 1 aromatic carbocycles. The Morgan fingerprint density at radius 3 is 2.72 bits per heavy atom. The molecule has 1 amide bonds. The molecule has 0 heterocycles. The van der Waals surface area contributed by atoms with E-state index in [1.807, 2.05) is 6.08 Å². The molecule has 1 aromatic rings. The number of nitrogens with one attached hydrogen (secondary N) is 1. The number of amides is 1. The number of carbonyl (C=O) groups excluding carboxylic acids is 1. The van der Waals surface area contributed by atoms with Gasteiger partial charge >= 0.3 is 6.09 Å². The molecule has 1 rings (SSSR count). The first kappa shape index (κ1) is 14.3. The van der Waals surface area contributed by atoms with Gasteiger partial charge in [-0.05, 0) is 43.4 Å². The van der Waals surface area contributed by atoms with Gasteiger partial charge in [-0.3, -0.25) is 0 Å². The van der Waals surface area contributed by atoms with Crippen LogP contribution in [-0.4, -0.2) is 19.2 Å². The molecular formula is C15H21NO2. The number of rotatable bonds is 5. The molecule has 0 aromatic heterocycles. The van der Waals surface area contributed by atoms with Crippen LogP contribution >= 0.6 is 0 Å². The summed E-state index contributed by atoms with van der Waals surface area (Å²) in [6.07, 6.45) is 2.91. The largest absolute Gasteiger partial charge is 0.453 e. The van der Waals surface area contributed by atoms with Crippen LogP contribution < -0.4 is 5.32 Å². The number of hydrogen-bond donors (Lipinski definition) is 1. The highest BCUT2D eigenvalue weighted by Gasteiger charge is 2.12. The van der Waals surface area contributed by atoms with Crippen molar-refractivity contribution in [2.24, 2.45) is 0 Å². The van der Waals surface area contributed by atoms with Gasteiger partial charge in [0.2, 0.25) is 0 Å². The maximum Gasteiger partial charge on any atom is 0.407 e. The molecule has 0 radical (unpaired) electrons. The average molecular weight is 247 g/mol. The smallest absolute Gasteiger partial charge is 0.407 e. The number of ether oxygens (including phenoxy) is 1. The second kappa shape index (κ2) is 6.84. The minimum absolute atomic E-state index is 0.0251. The van der Waals surface area contributed by atoms with Crippen LogP contribution in [0, 0.1) is 13.8 Å². The number of benzene rings is 1. The minimum Gasteiger partial charge on any atom is -0.453 e. The van der Waals surface area contributed by atoms with Gasteiger partial charge in [-0.2, -0.15) is 0 Å². The molecule has 98 valence electrons. The lowest BCUT2D eigenvalue weighted by Crippen LogP contribution is -2.36. The number of carbonyl (C=O) groups is 1. The van der Waals surface area contributed by atoms with Crippen molar-refractivity contribution in [2.45, 2.75) is 32.7 Å². The molecule has 3 nitrogen and oxygen atoms in total. The maximum absolute atomic E-state index is 11.2. The van der Waals surface area contributed by atoms with Crippen molar-refractivity contribution in [2.75, 3.05) is 7.11 Å². The fourth-order valence-corrected chi connectivity index (χ4v) is 1.84. The second-order valence-corrected chi connectivity index (χ2v) is 4.48. The van der Waals surface area contributed by atoms with E-state index in [0.29, 0.717) is 0 Å². The maximum atomic E-state index is 11.2. The van der Waals surface area contributed by atoms with E-state index in [-0.39, 0.29) is 6.04 Å². The van der Waals surface area contributed by atoms with E-state index in [2.05, 4.69) is 48.7 Å². The molecule has 1 atom stereocenters. The molecular weight excluding hydrogens is 226 g/mol. The van der Waals surface area contributed by atoms with Gasteiger partial charge in [0.15, 0.2) is 0 Å². The van der Waals surface area contributed by atoms with Crippen molar-refractivity contribution in [1.29, 1.82) is 0 Å². The van der Waals surface area contributed by atoms with Crippen LogP contribution in [0.5, 0.6) is 0 Å². The SMILES string of the molecule is C=CC[C@@H](Cc1ccc(C)c(C)c1)NC(=O)OC. The first-order chi connectivity index (χ1) is 8.56. The van der Waals surface area contributed by atoms with E-state index in [0.717, 1.165) is 12.8 Å². The number of methoxy groups -OCH3 is 1. The molecule has 0 bridgehead atoms. The van der Waals surface area contributed by atoms with Crippen LogP contribution in [0.2, 0.25) is 0 Å². The topological polar surface area (TPSA) is 38.3 Å². The molecule has 0 spiro atoms. The summed E-state index contributed by atoms with van der Waals surface area (Å²) < 4.78 is 4.62. The Morgan fingerprint density at radius 1 is 1.44 bits per heavy atom. The predicted molar refractivity (Wildman–Crippen MR) is 73.8 cm³/mol. The lowest BCUT2D eigenvalue weighted by atomic mass is 9.99. The van der Waals surface area contributed by atoms with Crippen LogP contribution in [0.1, 0.15) is 23.1 Å². The fraction of sp³-hybridized carbons (Fsp3) is 0.400. The normalized spacial score (nSPS) is 11.7. The quantitative estimate of drug-likeness (QED) is 0.812. The van der Waals surface area contributed by atoms with Crippen molar-refractivity contribution in [3.63, 3.8) is 0 Å². The van der Waals surface area contributed by atoms with Crippen LogP contribution in [0.25, 0.3) is 0 Å². The summed E-state index contributed by atoms with van der Waals surface area (Å²) in [4.78, 5) is 11.2. The molecule has 1 N–H and O–H groups in total. The number of hydrogen-bond acceptors (Lipinski definition) is 2. The van der Waals surface area contributed by atoms with Gasteiger partial charge in [0.05, 0.1) is 7.11 Å². The van der Waals surface area contributed by atoms with Crippen molar-refractivity contribution in [1.82, 2.24) is 5.32 Å². The van der Waals surface area contributed by atoms with Crippen LogP contribution in [0.15, 0.2) is 30.9 Å². The standard InChI is InChI=1S/C15H21NO2/c1-5-6-14(16-15(17)18-4)10-13-8-7-11(2)12(3)9-13/h5,7-9,14H,1,6,10H2,2-4H3,(H,16,17)/t14-/m0/s1. The van der Waals surface area contributed by atoms with Crippen LogP contribution in [0.3, 0.4) is 0 Å². The lowest BCUT2D eigenvalue weighted by molar-refractivity contribution is 0.166. The van der Waals surface area contributed by atoms with Gasteiger partial charge in [-0.25, -0.2) is 4.79 Å². The Hall–Kier alpha value is -1.77. The Kier molecular flexibility index (Phi) is 5.43. The summed E-state index contributed by atoms with van der Waals surface area (Å²) in [6.45, 7) is 7.90. The van der Waals surface area contributed by atoms with Gasteiger partial charge < -0.3 is 10.1 Å². The van der Waals surface area contributed by atoms with Crippen molar-refractivity contribution in [3.8, 4) is 0 Å². The third-order valence-corrected chi connectivity index (χ3v) is 3.01. The third-order valence-electron chi connectivity index (χ3n) is 3.01. The average Bonchev–Trinajstić information content (AvgIpc) is 2.34. The molecule has 0 aliphatic heterocycles. The van der Waals surface area contributed by atoms with E-state index in [1.165, 1.54) is 23.8 Å². The van der Waals surface area contributed by atoms with E-state index in [1.54, 1.807) is 0 Å². The van der Waals surface area contributed by atoms with Crippen molar-refractivity contribution >= 4 is 6.09 Å². The van der Waals surface area contributed by atoms with E-state index >= 15 is 0 Å². The number of alkyl carbamates (subject to hydrolysis) is 1. The Labute approximate surface area is 109 Å². The fourth-order valence-electron chi connectivity index (χ4n) is 1.84. The highest BCUT2D eigenvalue weighted by atomic mass is 16.5. The predicted octanol–water partition coefficient (Wildman–Crippen LogP) is 3.15. The van der Waals surface area contributed by atoms with Crippen LogP contribution in [0.4, 0.5) is 4.79 Å². The monoisotopic (exact) mass is 247 g/mol. The molecule has 0 saturated carbocycles. The Balaban J connectivity index is 2.72. The molecule has 18 heavy (non-hydrogen) atoms. The summed E-state index contributed by atoms with van der Waals surface area (Å²) in [7, 11) is 1.37. The highest BCUT2D eigenvalue weighted by Crippen LogP contribution is 2.13. The molecule has 0 fully saturated rings. The molecule has 0 unspecified atom stereocenters. The Bertz CT molecular complexity index is 427. The Morgan fingerprint density at radius 2 is 2.17 bits per heavy atom. The van der Waals surface area contributed by atoms with Crippen molar-refractivity contribution in [3.05, 3.63) is 47.5 Å². The van der Waals surface area contributed by atoms with Gasteiger partial charge in [0.25, 0.3) is 0 Å². The van der Waals surface area contributed by atoms with Gasteiger partial charge in [0, 0.05) is 6.04 Å².